The zero-order valence-electron chi connectivity index (χ0n) is 14.4. The van der Waals surface area contributed by atoms with Crippen LogP contribution in [0.2, 0.25) is 10.0 Å². The lowest BCUT2D eigenvalue weighted by Gasteiger charge is -2.07. The molecule has 1 aromatic carbocycles. The summed E-state index contributed by atoms with van der Waals surface area (Å²) in [5.74, 6) is -0.427. The van der Waals surface area contributed by atoms with E-state index in [1.807, 2.05) is 20.0 Å². The van der Waals surface area contributed by atoms with Gasteiger partial charge in [-0.1, -0.05) is 29.3 Å². The highest BCUT2D eigenvalue weighted by atomic mass is 35.5. The maximum Gasteiger partial charge on any atom is 0.276 e. The van der Waals surface area contributed by atoms with Crippen LogP contribution in [0.5, 0.6) is 0 Å². The average Bonchev–Trinajstić information content (AvgIpc) is 3.22. The third-order valence-corrected chi connectivity index (χ3v) is 4.93. The van der Waals surface area contributed by atoms with E-state index in [9.17, 15) is 4.79 Å². The van der Waals surface area contributed by atoms with Crippen LogP contribution in [0.25, 0.3) is 16.9 Å². The predicted molar refractivity (Wildman–Crippen MR) is 104 cm³/mol. The summed E-state index contributed by atoms with van der Waals surface area (Å²) < 4.78 is 3.39. The number of rotatable bonds is 3. The fourth-order valence-electron chi connectivity index (χ4n) is 2.76. The van der Waals surface area contributed by atoms with Crippen molar-refractivity contribution in [2.75, 3.05) is 5.32 Å². The number of nitrogens with zero attached hydrogens (tertiary/aromatic N) is 5. The number of fused-ring (bicyclic) bond motifs is 1. The Bertz CT molecular complexity index is 1160. The van der Waals surface area contributed by atoms with Gasteiger partial charge in [-0.3, -0.25) is 9.48 Å². The lowest BCUT2D eigenvalue weighted by Crippen LogP contribution is -2.13. The van der Waals surface area contributed by atoms with Gasteiger partial charge in [-0.05, 0) is 25.1 Å². The van der Waals surface area contributed by atoms with Crippen molar-refractivity contribution in [3.05, 3.63) is 64.2 Å². The van der Waals surface area contributed by atoms with Gasteiger partial charge < -0.3 is 5.32 Å². The number of benzene rings is 1. The van der Waals surface area contributed by atoms with Crippen LogP contribution in [-0.4, -0.2) is 30.3 Å². The maximum absolute atomic E-state index is 12.7. The van der Waals surface area contributed by atoms with E-state index in [1.165, 1.54) is 0 Å². The van der Waals surface area contributed by atoms with E-state index in [1.54, 1.807) is 45.9 Å². The monoisotopic (exact) mass is 400 g/mol. The normalized spacial score (nSPS) is 11.1. The first-order chi connectivity index (χ1) is 13.0. The lowest BCUT2D eigenvalue weighted by molar-refractivity contribution is 0.102. The number of para-hydroxylation sites is 1. The Hall–Kier alpha value is -2.90. The van der Waals surface area contributed by atoms with Crippen molar-refractivity contribution in [3.63, 3.8) is 0 Å². The van der Waals surface area contributed by atoms with E-state index in [4.69, 9.17) is 23.2 Å². The Balaban J connectivity index is 1.75. The quantitative estimate of drug-likeness (QED) is 0.563. The van der Waals surface area contributed by atoms with Crippen molar-refractivity contribution >= 4 is 40.4 Å². The standard InChI is InChI=1S/C18H14Cl2N6O/c1-10-11(9-22-25(10)2)15-6-7-21-16-8-14(24-26(15)16)18(27)23-17-12(19)4-3-5-13(17)20/h3-9H,1-2H3,(H,23,27). The Morgan fingerprint density at radius 1 is 1.19 bits per heavy atom. The maximum atomic E-state index is 12.7. The minimum absolute atomic E-state index is 0.201. The van der Waals surface area contributed by atoms with Crippen LogP contribution in [0.15, 0.2) is 42.7 Å². The van der Waals surface area contributed by atoms with Crippen molar-refractivity contribution in [3.8, 4) is 11.3 Å². The molecule has 3 aromatic heterocycles. The Labute approximate surface area is 164 Å². The van der Waals surface area contributed by atoms with Crippen molar-refractivity contribution in [2.24, 2.45) is 7.05 Å². The average molecular weight is 401 g/mol. The summed E-state index contributed by atoms with van der Waals surface area (Å²) in [5, 5.41) is 12.1. The molecule has 0 aliphatic heterocycles. The van der Waals surface area contributed by atoms with Gasteiger partial charge >= 0.3 is 0 Å². The van der Waals surface area contributed by atoms with E-state index in [-0.39, 0.29) is 5.69 Å². The van der Waals surface area contributed by atoms with Gasteiger partial charge in [-0.25, -0.2) is 9.50 Å². The minimum Gasteiger partial charge on any atom is -0.318 e. The second kappa shape index (κ2) is 6.68. The number of carbonyl (C=O) groups is 1. The zero-order chi connectivity index (χ0) is 19.1. The molecule has 0 unspecified atom stereocenters. The van der Waals surface area contributed by atoms with E-state index >= 15 is 0 Å². The fraction of sp³-hybridized carbons (Fsp3) is 0.111. The molecule has 136 valence electrons. The number of hydrogen-bond acceptors (Lipinski definition) is 4. The minimum atomic E-state index is -0.427. The molecular formula is C18H14Cl2N6O. The molecular weight excluding hydrogens is 387 g/mol. The molecule has 0 bridgehead atoms. The predicted octanol–water partition coefficient (Wildman–Crippen LogP) is 4.00. The largest absolute Gasteiger partial charge is 0.318 e. The smallest absolute Gasteiger partial charge is 0.276 e. The number of nitrogens with one attached hydrogen (secondary N) is 1. The van der Waals surface area contributed by atoms with Gasteiger partial charge in [0.1, 0.15) is 0 Å². The van der Waals surface area contributed by atoms with E-state index in [0.29, 0.717) is 21.4 Å². The van der Waals surface area contributed by atoms with Crippen LogP contribution in [0.3, 0.4) is 0 Å². The van der Waals surface area contributed by atoms with Gasteiger partial charge in [0.15, 0.2) is 11.3 Å². The molecule has 0 saturated heterocycles. The number of hydrogen-bond donors (Lipinski definition) is 1. The van der Waals surface area contributed by atoms with Crippen LogP contribution in [0.1, 0.15) is 16.2 Å². The van der Waals surface area contributed by atoms with Gasteiger partial charge in [0.25, 0.3) is 5.91 Å². The summed E-state index contributed by atoms with van der Waals surface area (Å²) in [6.45, 7) is 1.96. The molecule has 0 radical (unpaired) electrons. The van der Waals surface area contributed by atoms with E-state index in [0.717, 1.165) is 17.0 Å². The van der Waals surface area contributed by atoms with Crippen molar-refractivity contribution in [1.29, 1.82) is 0 Å². The van der Waals surface area contributed by atoms with Crippen LogP contribution < -0.4 is 5.32 Å². The molecule has 1 N–H and O–H groups in total. The molecule has 27 heavy (non-hydrogen) atoms. The zero-order valence-corrected chi connectivity index (χ0v) is 16.0. The summed E-state index contributed by atoms with van der Waals surface area (Å²) in [5.41, 5.74) is 3.78. The molecule has 0 saturated carbocycles. The highest BCUT2D eigenvalue weighted by Crippen LogP contribution is 2.30. The molecule has 0 aliphatic rings. The number of carbonyl (C=O) groups excluding carboxylic acids is 1. The summed E-state index contributed by atoms with van der Waals surface area (Å²) >= 11 is 12.2. The topological polar surface area (TPSA) is 77.1 Å². The summed E-state index contributed by atoms with van der Waals surface area (Å²) in [4.78, 5) is 16.9. The van der Waals surface area contributed by atoms with Gasteiger partial charge in [-0.15, -0.1) is 0 Å². The highest BCUT2D eigenvalue weighted by molar-refractivity contribution is 6.40. The van der Waals surface area contributed by atoms with Gasteiger partial charge in [0.05, 0.1) is 27.6 Å². The van der Waals surface area contributed by atoms with E-state index < -0.39 is 5.91 Å². The van der Waals surface area contributed by atoms with Crippen LogP contribution in [-0.2, 0) is 7.05 Å². The number of aryl methyl sites for hydroxylation is 1. The highest BCUT2D eigenvalue weighted by Gasteiger charge is 2.18. The molecule has 7 nitrogen and oxygen atoms in total. The van der Waals surface area contributed by atoms with Gasteiger partial charge in [-0.2, -0.15) is 10.2 Å². The molecule has 4 aromatic rings. The molecule has 3 heterocycles. The number of amides is 1. The van der Waals surface area contributed by atoms with Crippen LogP contribution >= 0.6 is 23.2 Å². The third-order valence-electron chi connectivity index (χ3n) is 4.30. The molecule has 0 aliphatic carbocycles. The second-order valence-corrected chi connectivity index (χ2v) is 6.76. The van der Waals surface area contributed by atoms with Crippen LogP contribution in [0.4, 0.5) is 5.69 Å². The first-order valence-corrected chi connectivity index (χ1v) is 8.80. The Morgan fingerprint density at radius 3 is 2.59 bits per heavy atom. The number of halogens is 2. The fourth-order valence-corrected chi connectivity index (χ4v) is 3.25. The van der Waals surface area contributed by atoms with Crippen molar-refractivity contribution < 1.29 is 4.79 Å². The van der Waals surface area contributed by atoms with E-state index in [2.05, 4.69) is 20.5 Å². The molecule has 1 amide bonds. The summed E-state index contributed by atoms with van der Waals surface area (Å²) in [6, 6.07) is 8.44. The van der Waals surface area contributed by atoms with Gasteiger partial charge in [0.2, 0.25) is 0 Å². The number of anilines is 1. The summed E-state index contributed by atoms with van der Waals surface area (Å²) in [7, 11) is 1.87. The second-order valence-electron chi connectivity index (χ2n) is 5.95. The lowest BCUT2D eigenvalue weighted by atomic mass is 10.2. The third kappa shape index (κ3) is 3.05. The molecule has 4 rings (SSSR count). The molecule has 0 atom stereocenters. The Kier molecular flexibility index (Phi) is 4.33. The first kappa shape index (κ1) is 17.5. The summed E-state index contributed by atoms with van der Waals surface area (Å²) in [6.07, 6.45) is 3.43. The van der Waals surface area contributed by atoms with Crippen LogP contribution in [0, 0.1) is 6.92 Å². The molecule has 0 fully saturated rings. The first-order valence-electron chi connectivity index (χ1n) is 8.05. The number of aromatic nitrogens is 5. The van der Waals surface area contributed by atoms with Crippen molar-refractivity contribution in [2.45, 2.75) is 6.92 Å². The Morgan fingerprint density at radius 2 is 1.93 bits per heavy atom. The van der Waals surface area contributed by atoms with Crippen molar-refractivity contribution in [1.82, 2.24) is 24.4 Å². The van der Waals surface area contributed by atoms with Gasteiger partial charge in [0, 0.05) is 30.6 Å². The molecule has 9 heteroatoms. The SMILES string of the molecule is Cc1c(-c2ccnc3cc(C(=O)Nc4c(Cl)cccc4Cl)nn23)cnn1C. The molecule has 0 spiro atoms.